The van der Waals surface area contributed by atoms with Gasteiger partial charge in [-0.15, -0.1) is 0 Å². The number of aryl methyl sites for hydroxylation is 2. The molecule has 1 aromatic heterocycles. The van der Waals surface area contributed by atoms with Gasteiger partial charge in [-0.05, 0) is 42.9 Å². The molecule has 0 aliphatic carbocycles. The van der Waals surface area contributed by atoms with Crippen molar-refractivity contribution in [3.05, 3.63) is 41.1 Å². The average Bonchev–Trinajstić information content (AvgIpc) is 2.91. The molecule has 1 aromatic carbocycles. The molecule has 1 N–H and O–H groups in total. The van der Waals surface area contributed by atoms with E-state index >= 15 is 0 Å². The van der Waals surface area contributed by atoms with E-state index in [0.29, 0.717) is 6.54 Å². The molecular weight excluding hydrogens is 340 g/mol. The topological polar surface area (TPSA) is 89.3 Å². The van der Waals surface area contributed by atoms with Gasteiger partial charge in [0.1, 0.15) is 10.8 Å². The number of hydrogen-bond donors (Lipinski definition) is 1. The summed E-state index contributed by atoms with van der Waals surface area (Å²) in [7, 11) is -3.84. The summed E-state index contributed by atoms with van der Waals surface area (Å²) in [6, 6.07) is 5.14. The van der Waals surface area contributed by atoms with Crippen LogP contribution >= 0.6 is 0 Å². The highest BCUT2D eigenvalue weighted by Crippen LogP contribution is 2.44. The summed E-state index contributed by atoms with van der Waals surface area (Å²) >= 11 is 0. The molecular formula is C18H22N2O4S. The number of rotatable bonds is 3. The summed E-state index contributed by atoms with van der Waals surface area (Å²) in [6.07, 6.45) is 1.41. The van der Waals surface area contributed by atoms with Crippen LogP contribution in [0.5, 0.6) is 5.88 Å². The maximum atomic E-state index is 13.1. The summed E-state index contributed by atoms with van der Waals surface area (Å²) in [5.41, 5.74) is 1.16. The maximum absolute atomic E-state index is 13.1. The molecule has 0 amide bonds. The molecule has 3 rings (SSSR count). The zero-order valence-electron chi connectivity index (χ0n) is 14.8. The highest BCUT2D eigenvalue weighted by atomic mass is 32.2. The van der Waals surface area contributed by atoms with Gasteiger partial charge in [-0.2, -0.15) is 5.10 Å². The standard InChI is InChI=1S/C18H22N2O4S/c1-5-20-17(22)12(10-19-20)16(21)14-9-18(3,4)15-11(2)7-6-8-13(15)25(14,23)24/h6-8,10,14,22H,5,9H2,1-4H3. The van der Waals surface area contributed by atoms with Gasteiger partial charge in [0.2, 0.25) is 5.88 Å². The number of Topliss-reactive ketones (excluding diaryl/α,β-unsaturated/α-hetero) is 1. The molecule has 2 heterocycles. The van der Waals surface area contributed by atoms with Crippen molar-refractivity contribution in [2.24, 2.45) is 0 Å². The van der Waals surface area contributed by atoms with Crippen molar-refractivity contribution in [3.8, 4) is 5.88 Å². The molecule has 0 spiro atoms. The average molecular weight is 362 g/mol. The molecule has 1 aliphatic rings. The van der Waals surface area contributed by atoms with E-state index < -0.39 is 26.3 Å². The first-order chi connectivity index (χ1) is 11.6. The van der Waals surface area contributed by atoms with Crippen molar-refractivity contribution >= 4 is 15.6 Å². The van der Waals surface area contributed by atoms with E-state index in [1.807, 2.05) is 26.8 Å². The molecule has 0 saturated heterocycles. The third-order valence-corrected chi connectivity index (χ3v) is 7.04. The third kappa shape index (κ3) is 2.57. The minimum absolute atomic E-state index is 0.0395. The number of ketones is 1. The van der Waals surface area contributed by atoms with Gasteiger partial charge >= 0.3 is 0 Å². The molecule has 1 atom stereocenters. The lowest BCUT2D eigenvalue weighted by Gasteiger charge is -2.37. The fourth-order valence-electron chi connectivity index (χ4n) is 3.76. The van der Waals surface area contributed by atoms with E-state index in [0.717, 1.165) is 11.1 Å². The summed E-state index contributed by atoms with van der Waals surface area (Å²) in [6.45, 7) is 7.95. The van der Waals surface area contributed by atoms with Crippen LogP contribution in [0, 0.1) is 6.92 Å². The Morgan fingerprint density at radius 2 is 2.08 bits per heavy atom. The van der Waals surface area contributed by atoms with Crippen LogP contribution in [-0.2, 0) is 21.8 Å². The number of fused-ring (bicyclic) bond motifs is 1. The van der Waals surface area contributed by atoms with Crippen LogP contribution < -0.4 is 0 Å². The number of benzene rings is 1. The van der Waals surface area contributed by atoms with E-state index in [4.69, 9.17) is 0 Å². The van der Waals surface area contributed by atoms with Crippen molar-refractivity contribution in [2.75, 3.05) is 0 Å². The van der Waals surface area contributed by atoms with Crippen molar-refractivity contribution < 1.29 is 18.3 Å². The Labute approximate surface area is 147 Å². The van der Waals surface area contributed by atoms with Gasteiger partial charge in [0.25, 0.3) is 0 Å². The smallest absolute Gasteiger partial charge is 0.220 e. The van der Waals surface area contributed by atoms with Crippen LogP contribution in [0.3, 0.4) is 0 Å². The largest absolute Gasteiger partial charge is 0.493 e. The first kappa shape index (κ1) is 17.7. The van der Waals surface area contributed by atoms with Gasteiger partial charge in [0.05, 0.1) is 11.1 Å². The number of hydrogen-bond acceptors (Lipinski definition) is 5. The molecule has 1 unspecified atom stereocenters. The van der Waals surface area contributed by atoms with Crippen LogP contribution in [0.15, 0.2) is 29.3 Å². The van der Waals surface area contributed by atoms with Gasteiger partial charge in [-0.1, -0.05) is 26.0 Å². The third-order valence-electron chi connectivity index (χ3n) is 4.96. The van der Waals surface area contributed by atoms with Crippen molar-refractivity contribution in [1.29, 1.82) is 0 Å². The molecule has 0 saturated carbocycles. The Balaban J connectivity index is 2.16. The van der Waals surface area contributed by atoms with Crippen molar-refractivity contribution in [2.45, 2.75) is 56.2 Å². The molecule has 0 bridgehead atoms. The second-order valence-electron chi connectivity index (χ2n) is 7.13. The molecule has 0 fully saturated rings. The Morgan fingerprint density at radius 3 is 2.68 bits per heavy atom. The van der Waals surface area contributed by atoms with Gasteiger partial charge < -0.3 is 5.11 Å². The summed E-state index contributed by atoms with van der Waals surface area (Å²) in [4.78, 5) is 13.2. The number of carbonyl (C=O) groups is 1. The normalized spacial score (nSPS) is 20.9. The van der Waals surface area contributed by atoms with E-state index in [1.54, 1.807) is 19.1 Å². The zero-order chi connectivity index (χ0) is 18.6. The quantitative estimate of drug-likeness (QED) is 0.848. The summed E-state index contributed by atoms with van der Waals surface area (Å²) < 4.78 is 27.5. The lowest BCUT2D eigenvalue weighted by molar-refractivity contribution is 0.0971. The first-order valence-corrected chi connectivity index (χ1v) is 9.79. The number of aromatic hydroxyl groups is 1. The number of sulfone groups is 1. The second-order valence-corrected chi connectivity index (χ2v) is 9.23. The number of nitrogens with zero attached hydrogens (tertiary/aromatic N) is 2. The number of aromatic nitrogens is 2. The highest BCUT2D eigenvalue weighted by molar-refractivity contribution is 7.93. The predicted molar refractivity (Wildman–Crippen MR) is 93.7 cm³/mol. The lowest BCUT2D eigenvalue weighted by Crippen LogP contribution is -2.42. The van der Waals surface area contributed by atoms with Crippen LogP contribution in [0.2, 0.25) is 0 Å². The summed E-state index contributed by atoms with van der Waals surface area (Å²) in [5, 5.41) is 12.9. The molecule has 7 heteroatoms. The SMILES string of the molecule is CCn1ncc(C(=O)C2CC(C)(C)c3c(C)cccc3S2(=O)=O)c1O. The van der Waals surface area contributed by atoms with E-state index in [2.05, 4.69) is 5.10 Å². The van der Waals surface area contributed by atoms with E-state index in [1.165, 1.54) is 10.9 Å². The van der Waals surface area contributed by atoms with Gasteiger partial charge in [0.15, 0.2) is 15.6 Å². The summed E-state index contributed by atoms with van der Waals surface area (Å²) in [5.74, 6) is -0.882. The molecule has 25 heavy (non-hydrogen) atoms. The van der Waals surface area contributed by atoms with Gasteiger partial charge in [-0.3, -0.25) is 4.79 Å². The van der Waals surface area contributed by atoms with Crippen molar-refractivity contribution in [3.63, 3.8) is 0 Å². The van der Waals surface area contributed by atoms with Crippen LogP contribution in [-0.4, -0.2) is 34.3 Å². The Hall–Kier alpha value is -2.15. The van der Waals surface area contributed by atoms with E-state index in [9.17, 15) is 18.3 Å². The monoisotopic (exact) mass is 362 g/mol. The zero-order valence-corrected chi connectivity index (χ0v) is 15.6. The minimum Gasteiger partial charge on any atom is -0.493 e. The Bertz CT molecular complexity index is 957. The lowest BCUT2D eigenvalue weighted by atomic mass is 9.77. The van der Waals surface area contributed by atoms with Gasteiger partial charge in [-0.25, -0.2) is 13.1 Å². The molecule has 1 aliphatic heterocycles. The maximum Gasteiger partial charge on any atom is 0.220 e. The molecule has 0 radical (unpaired) electrons. The predicted octanol–water partition coefficient (Wildman–Crippen LogP) is 2.62. The van der Waals surface area contributed by atoms with Crippen molar-refractivity contribution in [1.82, 2.24) is 9.78 Å². The first-order valence-electron chi connectivity index (χ1n) is 8.24. The highest BCUT2D eigenvalue weighted by Gasteiger charge is 2.47. The van der Waals surface area contributed by atoms with Crippen LogP contribution in [0.1, 0.15) is 48.7 Å². The minimum atomic E-state index is -3.84. The van der Waals surface area contributed by atoms with Crippen LogP contribution in [0.25, 0.3) is 0 Å². The molecule has 134 valence electrons. The second kappa shape index (κ2) is 5.69. The van der Waals surface area contributed by atoms with Gasteiger partial charge in [0, 0.05) is 6.54 Å². The Morgan fingerprint density at radius 1 is 1.40 bits per heavy atom. The fourth-order valence-corrected chi connectivity index (χ4v) is 6.11. The molecule has 2 aromatic rings. The Kier molecular flexibility index (Phi) is 4.02. The van der Waals surface area contributed by atoms with Crippen LogP contribution in [0.4, 0.5) is 0 Å². The molecule has 6 nitrogen and oxygen atoms in total. The van der Waals surface area contributed by atoms with E-state index in [-0.39, 0.29) is 22.8 Å². The number of carbonyl (C=O) groups excluding carboxylic acids is 1. The fraction of sp³-hybridized carbons (Fsp3) is 0.444.